The molecule has 0 radical (unpaired) electrons. The molecule has 2 fully saturated rings. The van der Waals surface area contributed by atoms with Gasteiger partial charge in [0, 0.05) is 49.2 Å². The van der Waals surface area contributed by atoms with Crippen molar-refractivity contribution in [3.8, 4) is 11.3 Å². The number of H-pyrrole nitrogens is 1. The number of fused-ring (bicyclic) bond motifs is 1. The molecule has 1 aliphatic heterocycles. The summed E-state index contributed by atoms with van der Waals surface area (Å²) in [5.74, 6) is 0.190. The monoisotopic (exact) mass is 419 g/mol. The molecular weight excluding hydrogens is 393 g/mol. The van der Waals surface area contributed by atoms with Crippen molar-refractivity contribution in [3.05, 3.63) is 69.8 Å². The van der Waals surface area contributed by atoms with Crippen molar-refractivity contribution in [2.45, 2.75) is 19.8 Å². The second-order valence-electron chi connectivity index (χ2n) is 8.78. The molecule has 6 heteroatoms. The molecule has 0 unspecified atom stereocenters. The summed E-state index contributed by atoms with van der Waals surface area (Å²) < 4.78 is 15.0. The van der Waals surface area contributed by atoms with E-state index in [9.17, 15) is 9.59 Å². The van der Waals surface area contributed by atoms with Crippen LogP contribution in [0.25, 0.3) is 22.0 Å². The number of hydrogen-bond acceptors (Lipinski definition) is 3. The quantitative estimate of drug-likeness (QED) is 0.700. The van der Waals surface area contributed by atoms with Crippen molar-refractivity contribution in [3.63, 3.8) is 0 Å². The number of carbonyl (C=O) groups excluding carboxylic acids is 1. The molecular formula is C25H26FN3O2. The molecule has 2 aliphatic rings. The van der Waals surface area contributed by atoms with Crippen LogP contribution in [0.4, 0.5) is 4.39 Å². The highest BCUT2D eigenvalue weighted by molar-refractivity contribution is 5.95. The van der Waals surface area contributed by atoms with E-state index in [4.69, 9.17) is 0 Å². The molecule has 1 aromatic heterocycles. The molecule has 0 spiro atoms. The van der Waals surface area contributed by atoms with Crippen LogP contribution in [0.5, 0.6) is 0 Å². The number of amides is 1. The lowest BCUT2D eigenvalue weighted by atomic mass is 10.0. The zero-order valence-corrected chi connectivity index (χ0v) is 17.7. The number of halogens is 1. The molecule has 31 heavy (non-hydrogen) atoms. The highest BCUT2D eigenvalue weighted by Gasteiger charge is 2.28. The maximum atomic E-state index is 15.0. The van der Waals surface area contributed by atoms with Crippen LogP contribution in [0.2, 0.25) is 0 Å². The van der Waals surface area contributed by atoms with Crippen LogP contribution in [0.1, 0.15) is 28.8 Å². The number of carbonyl (C=O) groups is 1. The number of benzene rings is 2. The fraction of sp³-hybridized carbons (Fsp3) is 0.360. The van der Waals surface area contributed by atoms with E-state index in [2.05, 4.69) is 9.88 Å². The van der Waals surface area contributed by atoms with Gasteiger partial charge in [0.05, 0.1) is 5.69 Å². The van der Waals surface area contributed by atoms with E-state index in [0.29, 0.717) is 29.7 Å². The Bertz CT molecular complexity index is 1210. The van der Waals surface area contributed by atoms with E-state index >= 15 is 4.39 Å². The highest BCUT2D eigenvalue weighted by Crippen LogP contribution is 2.30. The second-order valence-corrected chi connectivity index (χ2v) is 8.78. The summed E-state index contributed by atoms with van der Waals surface area (Å²) in [5, 5.41) is 1.38. The highest BCUT2D eigenvalue weighted by atomic mass is 19.1. The summed E-state index contributed by atoms with van der Waals surface area (Å²) in [7, 11) is 0. The Morgan fingerprint density at radius 2 is 1.84 bits per heavy atom. The van der Waals surface area contributed by atoms with Gasteiger partial charge in [0.1, 0.15) is 5.82 Å². The number of hydrogen-bond donors (Lipinski definition) is 1. The molecule has 5 nitrogen and oxygen atoms in total. The van der Waals surface area contributed by atoms with Gasteiger partial charge in [-0.05, 0) is 67.0 Å². The Kier molecular flexibility index (Phi) is 5.10. The van der Waals surface area contributed by atoms with Crippen molar-refractivity contribution in [1.82, 2.24) is 14.8 Å². The van der Waals surface area contributed by atoms with Crippen LogP contribution >= 0.6 is 0 Å². The zero-order valence-electron chi connectivity index (χ0n) is 17.7. The normalized spacial score (nSPS) is 17.3. The molecule has 0 bridgehead atoms. The van der Waals surface area contributed by atoms with E-state index in [1.807, 2.05) is 19.1 Å². The zero-order chi connectivity index (χ0) is 21.5. The van der Waals surface area contributed by atoms with Crippen molar-refractivity contribution < 1.29 is 9.18 Å². The smallest absolute Gasteiger partial charge is 0.256 e. The molecule has 5 rings (SSSR count). The number of nitrogens with one attached hydrogen (secondary N) is 1. The number of aryl methyl sites for hydroxylation is 1. The second kappa shape index (κ2) is 7.93. The van der Waals surface area contributed by atoms with Gasteiger partial charge in [-0.15, -0.1) is 0 Å². The topological polar surface area (TPSA) is 56.4 Å². The molecule has 1 saturated carbocycles. The average Bonchev–Trinajstić information content (AvgIpc) is 3.58. The summed E-state index contributed by atoms with van der Waals surface area (Å²) in [6.07, 6.45) is 2.65. The van der Waals surface area contributed by atoms with E-state index in [1.54, 1.807) is 29.2 Å². The number of piperazine rings is 1. The summed E-state index contributed by atoms with van der Waals surface area (Å²) in [4.78, 5) is 32.4. The molecule has 1 saturated heterocycles. The predicted molar refractivity (Wildman–Crippen MR) is 120 cm³/mol. The lowest BCUT2D eigenvalue weighted by Gasteiger charge is -2.34. The average molecular weight is 420 g/mol. The molecule has 1 N–H and O–H groups in total. The minimum absolute atomic E-state index is 0.139. The standard InChI is InChI=1S/C25H26FN3O2/c1-16-3-2-4-19-21(16)14-23(27-24(19)30)20-8-7-18(13-22(20)26)25(31)29-11-9-28(10-12-29)15-17-5-6-17/h2-4,7-8,13-14,17H,5-6,9-12,15H2,1H3,(H,27,30). The van der Waals surface area contributed by atoms with Crippen molar-refractivity contribution in [2.24, 2.45) is 5.92 Å². The molecule has 1 aliphatic carbocycles. The van der Waals surface area contributed by atoms with Crippen LogP contribution in [-0.4, -0.2) is 53.4 Å². The van der Waals surface area contributed by atoms with Gasteiger partial charge < -0.3 is 9.88 Å². The Labute approximate surface area is 180 Å². The minimum Gasteiger partial charge on any atom is -0.336 e. The maximum absolute atomic E-state index is 15.0. The van der Waals surface area contributed by atoms with Gasteiger partial charge in [0.15, 0.2) is 0 Å². The molecule has 1 amide bonds. The van der Waals surface area contributed by atoms with Crippen LogP contribution < -0.4 is 5.56 Å². The lowest BCUT2D eigenvalue weighted by Crippen LogP contribution is -2.49. The fourth-order valence-corrected chi connectivity index (χ4v) is 4.43. The first-order chi connectivity index (χ1) is 15.0. The van der Waals surface area contributed by atoms with Gasteiger partial charge in [-0.25, -0.2) is 4.39 Å². The number of aromatic nitrogens is 1. The largest absolute Gasteiger partial charge is 0.336 e. The van der Waals surface area contributed by atoms with Crippen molar-refractivity contribution >= 4 is 16.7 Å². The van der Waals surface area contributed by atoms with Crippen LogP contribution in [0.15, 0.2) is 47.3 Å². The van der Waals surface area contributed by atoms with Crippen LogP contribution in [0, 0.1) is 18.7 Å². The van der Waals surface area contributed by atoms with Gasteiger partial charge >= 0.3 is 0 Å². The Hall–Kier alpha value is -2.99. The molecule has 3 aromatic rings. The number of aromatic amines is 1. The summed E-state index contributed by atoms with van der Waals surface area (Å²) in [6, 6.07) is 11.8. The first kappa shape index (κ1) is 19.9. The van der Waals surface area contributed by atoms with E-state index in [0.717, 1.165) is 36.5 Å². The number of nitrogens with zero attached hydrogens (tertiary/aromatic N) is 2. The Balaban J connectivity index is 1.36. The minimum atomic E-state index is -0.512. The van der Waals surface area contributed by atoms with Gasteiger partial charge in [-0.3, -0.25) is 14.5 Å². The van der Waals surface area contributed by atoms with Crippen molar-refractivity contribution in [1.29, 1.82) is 0 Å². The molecule has 2 heterocycles. The van der Waals surface area contributed by atoms with Gasteiger partial charge in [-0.2, -0.15) is 0 Å². The fourth-order valence-electron chi connectivity index (χ4n) is 4.43. The molecule has 160 valence electrons. The maximum Gasteiger partial charge on any atom is 0.256 e. The molecule has 2 aromatic carbocycles. The number of pyridine rings is 1. The van der Waals surface area contributed by atoms with Crippen molar-refractivity contribution in [2.75, 3.05) is 32.7 Å². The van der Waals surface area contributed by atoms with E-state index in [1.165, 1.54) is 18.9 Å². The Morgan fingerprint density at radius 1 is 1.06 bits per heavy atom. The summed E-state index contributed by atoms with van der Waals surface area (Å²) in [5.41, 5.74) is 1.75. The predicted octanol–water partition coefficient (Wildman–Crippen LogP) is 3.81. The van der Waals surface area contributed by atoms with Crippen LogP contribution in [-0.2, 0) is 0 Å². The van der Waals surface area contributed by atoms with E-state index in [-0.39, 0.29) is 17.0 Å². The van der Waals surface area contributed by atoms with Gasteiger partial charge in [0.2, 0.25) is 0 Å². The van der Waals surface area contributed by atoms with Crippen LogP contribution in [0.3, 0.4) is 0 Å². The third kappa shape index (κ3) is 4.00. The molecule has 0 atom stereocenters. The van der Waals surface area contributed by atoms with E-state index < -0.39 is 5.82 Å². The summed E-state index contributed by atoms with van der Waals surface area (Å²) >= 11 is 0. The Morgan fingerprint density at radius 3 is 2.55 bits per heavy atom. The van der Waals surface area contributed by atoms with Gasteiger partial charge in [0.25, 0.3) is 11.5 Å². The summed E-state index contributed by atoms with van der Waals surface area (Å²) in [6.45, 7) is 6.15. The van der Waals surface area contributed by atoms with Gasteiger partial charge in [-0.1, -0.05) is 12.1 Å². The number of rotatable bonds is 4. The first-order valence-electron chi connectivity index (χ1n) is 10.9. The third-order valence-corrected chi connectivity index (χ3v) is 6.48. The lowest BCUT2D eigenvalue weighted by molar-refractivity contribution is 0.0631. The SMILES string of the molecule is Cc1cccc2c(=O)[nH]c(-c3ccc(C(=O)N4CCN(CC5CC5)CC4)cc3F)cc12. The first-order valence-corrected chi connectivity index (χ1v) is 10.9. The third-order valence-electron chi connectivity index (χ3n) is 6.48.